The Labute approximate surface area is 95.8 Å². The second-order valence-corrected chi connectivity index (χ2v) is 4.55. The highest BCUT2D eigenvalue weighted by molar-refractivity contribution is 7.18. The second-order valence-electron chi connectivity index (χ2n) is 2.89. The molecule has 1 radical (unpaired) electrons. The van der Waals surface area contributed by atoms with E-state index >= 15 is 0 Å². The molecule has 0 saturated carbocycles. The van der Waals surface area contributed by atoms with Crippen molar-refractivity contribution in [1.29, 1.82) is 0 Å². The molecule has 75 valence electrons. The molecule has 0 fully saturated rings. The van der Waals surface area contributed by atoms with Crippen molar-refractivity contribution in [3.05, 3.63) is 45.6 Å². The highest BCUT2D eigenvalue weighted by atomic mass is 35.5. The van der Waals surface area contributed by atoms with E-state index in [1.54, 1.807) is 18.2 Å². The molecule has 1 aromatic heterocycles. The van der Waals surface area contributed by atoms with Crippen molar-refractivity contribution in [3.63, 3.8) is 0 Å². The Hall–Kier alpha value is -1.32. The van der Waals surface area contributed by atoms with Gasteiger partial charge in [-0.1, -0.05) is 35.9 Å². The molecule has 0 amide bonds. The van der Waals surface area contributed by atoms with Crippen LogP contribution in [0.15, 0.2) is 30.3 Å². The lowest BCUT2D eigenvalue weighted by Crippen LogP contribution is -1.89. The molecule has 1 aromatic carbocycles. The lowest BCUT2D eigenvalue weighted by atomic mass is 10.1. The van der Waals surface area contributed by atoms with Crippen LogP contribution in [0.25, 0.3) is 11.1 Å². The molecule has 4 heteroatoms. The molecule has 1 heterocycles. The summed E-state index contributed by atoms with van der Waals surface area (Å²) >= 11 is 7.04. The summed E-state index contributed by atoms with van der Waals surface area (Å²) in [6.45, 7) is 0. The fourth-order valence-electron chi connectivity index (χ4n) is 1.24. The van der Waals surface area contributed by atoms with Gasteiger partial charge >= 0.3 is 5.97 Å². The van der Waals surface area contributed by atoms with Crippen LogP contribution in [-0.4, -0.2) is 11.1 Å². The van der Waals surface area contributed by atoms with E-state index in [1.165, 1.54) is 0 Å². The van der Waals surface area contributed by atoms with Crippen LogP contribution in [0.2, 0.25) is 4.34 Å². The van der Waals surface area contributed by atoms with Gasteiger partial charge in [-0.15, -0.1) is 11.3 Å². The Kier molecular flexibility index (Phi) is 2.75. The molecule has 1 N–H and O–H groups in total. The normalized spacial score (nSPS) is 10.2. The van der Waals surface area contributed by atoms with Crippen molar-refractivity contribution >= 4 is 28.9 Å². The van der Waals surface area contributed by atoms with Gasteiger partial charge in [0.25, 0.3) is 0 Å². The first-order valence-electron chi connectivity index (χ1n) is 4.17. The average Bonchev–Trinajstić information content (AvgIpc) is 2.62. The van der Waals surface area contributed by atoms with Crippen molar-refractivity contribution < 1.29 is 9.90 Å². The van der Waals surface area contributed by atoms with Gasteiger partial charge in [0.1, 0.15) is 9.21 Å². The van der Waals surface area contributed by atoms with Gasteiger partial charge in [-0.3, -0.25) is 0 Å². The standard InChI is InChI=1S/C11H6ClO2S/c12-10-8(6-9(15-10)11(13)14)7-4-2-1-3-5-7/h2-6H,(H,13,14). The van der Waals surface area contributed by atoms with Crippen LogP contribution in [0, 0.1) is 6.07 Å². The minimum Gasteiger partial charge on any atom is -0.477 e. The summed E-state index contributed by atoms with van der Waals surface area (Å²) in [5.41, 5.74) is 1.66. The van der Waals surface area contributed by atoms with Gasteiger partial charge in [0, 0.05) is 5.56 Å². The topological polar surface area (TPSA) is 37.3 Å². The first kappa shape index (κ1) is 10.2. The maximum absolute atomic E-state index is 10.7. The van der Waals surface area contributed by atoms with Crippen LogP contribution >= 0.6 is 22.9 Å². The Morgan fingerprint density at radius 2 is 2.07 bits per heavy atom. The summed E-state index contributed by atoms with van der Waals surface area (Å²) in [4.78, 5) is 11.0. The number of aromatic carboxylic acids is 1. The van der Waals surface area contributed by atoms with Crippen LogP contribution in [0.4, 0.5) is 0 Å². The number of benzene rings is 1. The number of carbonyl (C=O) groups is 1. The lowest BCUT2D eigenvalue weighted by molar-refractivity contribution is 0.0702. The van der Waals surface area contributed by atoms with Gasteiger partial charge < -0.3 is 5.11 Å². The highest BCUT2D eigenvalue weighted by Gasteiger charge is 2.13. The third kappa shape index (κ3) is 2.03. The first-order chi connectivity index (χ1) is 7.18. The van der Waals surface area contributed by atoms with Gasteiger partial charge in [0.2, 0.25) is 0 Å². The summed E-state index contributed by atoms with van der Waals surface area (Å²) in [6, 6.07) is 11.7. The monoisotopic (exact) mass is 237 g/mol. The van der Waals surface area contributed by atoms with Crippen molar-refractivity contribution in [1.82, 2.24) is 0 Å². The molecule has 2 rings (SSSR count). The van der Waals surface area contributed by atoms with E-state index in [0.717, 1.165) is 22.5 Å². The number of halogens is 1. The number of rotatable bonds is 2. The maximum atomic E-state index is 10.7. The van der Waals surface area contributed by atoms with Gasteiger partial charge in [-0.05, 0) is 17.7 Å². The molecule has 0 atom stereocenters. The number of carboxylic acids is 1. The van der Waals surface area contributed by atoms with Gasteiger partial charge in [-0.2, -0.15) is 0 Å². The summed E-state index contributed by atoms with van der Waals surface area (Å²) in [5, 5.41) is 8.82. The summed E-state index contributed by atoms with van der Waals surface area (Å²) in [5.74, 6) is -0.948. The minimum atomic E-state index is -0.948. The number of thiophene rings is 1. The zero-order valence-electron chi connectivity index (χ0n) is 7.53. The van der Waals surface area contributed by atoms with Crippen LogP contribution < -0.4 is 0 Å². The largest absolute Gasteiger partial charge is 0.477 e. The number of hydrogen-bond acceptors (Lipinski definition) is 2. The van der Waals surface area contributed by atoms with Gasteiger partial charge in [0.05, 0.1) is 0 Å². The van der Waals surface area contributed by atoms with E-state index in [1.807, 2.05) is 12.1 Å². The van der Waals surface area contributed by atoms with Crippen LogP contribution in [-0.2, 0) is 0 Å². The second kappa shape index (κ2) is 4.04. The van der Waals surface area contributed by atoms with E-state index in [-0.39, 0.29) is 4.88 Å². The average molecular weight is 238 g/mol. The van der Waals surface area contributed by atoms with E-state index < -0.39 is 5.97 Å². The fourth-order valence-corrected chi connectivity index (χ4v) is 2.39. The molecule has 0 spiro atoms. The molecule has 2 nitrogen and oxygen atoms in total. The zero-order chi connectivity index (χ0) is 10.8. The van der Waals surface area contributed by atoms with E-state index in [4.69, 9.17) is 16.7 Å². The van der Waals surface area contributed by atoms with Crippen molar-refractivity contribution in [2.45, 2.75) is 0 Å². The Balaban J connectivity index is 2.50. The predicted molar refractivity (Wildman–Crippen MR) is 60.6 cm³/mol. The molecule has 0 aliphatic carbocycles. The molecule has 0 aliphatic rings. The molecule has 2 aromatic rings. The molecule has 0 saturated heterocycles. The third-order valence-corrected chi connectivity index (χ3v) is 3.27. The van der Waals surface area contributed by atoms with Crippen LogP contribution in [0.1, 0.15) is 9.67 Å². The summed E-state index contributed by atoms with van der Waals surface area (Å²) in [6.07, 6.45) is 0. The van der Waals surface area contributed by atoms with Crippen molar-refractivity contribution in [2.24, 2.45) is 0 Å². The number of hydrogen-bond donors (Lipinski definition) is 1. The van der Waals surface area contributed by atoms with Crippen molar-refractivity contribution in [3.8, 4) is 11.1 Å². The molecule has 0 aliphatic heterocycles. The Bertz CT molecular complexity index is 491. The van der Waals surface area contributed by atoms with E-state index in [9.17, 15) is 4.79 Å². The molecule has 0 unspecified atom stereocenters. The fraction of sp³-hybridized carbons (Fsp3) is 0. The Morgan fingerprint density at radius 1 is 1.40 bits per heavy atom. The van der Waals surface area contributed by atoms with E-state index in [0.29, 0.717) is 4.34 Å². The quantitative estimate of drug-likeness (QED) is 0.867. The summed E-state index contributed by atoms with van der Waals surface area (Å²) in [7, 11) is 0. The van der Waals surface area contributed by atoms with Crippen molar-refractivity contribution in [2.75, 3.05) is 0 Å². The van der Waals surface area contributed by atoms with Crippen LogP contribution in [0.5, 0.6) is 0 Å². The lowest BCUT2D eigenvalue weighted by Gasteiger charge is -1.96. The predicted octanol–water partition coefficient (Wildman–Crippen LogP) is 3.57. The summed E-state index contributed by atoms with van der Waals surface area (Å²) < 4.78 is 0.499. The maximum Gasteiger partial charge on any atom is 0.345 e. The molecular formula is C11H6ClO2S. The highest BCUT2D eigenvalue weighted by Crippen LogP contribution is 2.35. The first-order valence-corrected chi connectivity index (χ1v) is 5.37. The SMILES string of the molecule is O=C(O)c1cc(-c2cc[c]cc2)c(Cl)s1. The third-order valence-electron chi connectivity index (χ3n) is 1.93. The molecule has 0 bridgehead atoms. The van der Waals surface area contributed by atoms with E-state index in [2.05, 4.69) is 6.07 Å². The van der Waals surface area contributed by atoms with Gasteiger partial charge in [0.15, 0.2) is 0 Å². The molecular weight excluding hydrogens is 232 g/mol. The smallest absolute Gasteiger partial charge is 0.345 e. The Morgan fingerprint density at radius 3 is 2.60 bits per heavy atom. The van der Waals surface area contributed by atoms with Crippen LogP contribution in [0.3, 0.4) is 0 Å². The zero-order valence-corrected chi connectivity index (χ0v) is 9.10. The minimum absolute atomic E-state index is 0.253. The molecule has 15 heavy (non-hydrogen) atoms. The number of carboxylic acid groups (broad SMARTS) is 1. The van der Waals surface area contributed by atoms with Gasteiger partial charge in [-0.25, -0.2) is 4.79 Å².